The summed E-state index contributed by atoms with van der Waals surface area (Å²) in [6, 6.07) is 0. The first kappa shape index (κ1) is 15.1. The highest BCUT2D eigenvalue weighted by Crippen LogP contribution is 2.42. The fraction of sp³-hybridized carbons (Fsp3) is 1.00. The third-order valence-corrected chi connectivity index (χ3v) is 2.71. The fourth-order valence-corrected chi connectivity index (χ4v) is 1.16. The van der Waals surface area contributed by atoms with E-state index in [2.05, 4.69) is 0 Å². The Kier molecular flexibility index (Phi) is 5.94. The molecular formula is C8H21AlO2P+. The van der Waals surface area contributed by atoms with Gasteiger partial charge >= 0.3 is 8.03 Å². The molecule has 72 valence electrons. The molecule has 0 heterocycles. The van der Waals surface area contributed by atoms with Gasteiger partial charge < -0.3 is 0 Å². The largest absolute Gasteiger partial charge is 0.514 e. The average molecular weight is 207 g/mol. The number of hydrogen-bond acceptors (Lipinski definition) is 2. The summed E-state index contributed by atoms with van der Waals surface area (Å²) in [7, 11) is -1.56. The zero-order valence-electron chi connectivity index (χ0n) is 8.26. The Balaban J connectivity index is 0. The Bertz CT molecular complexity index is 155. The summed E-state index contributed by atoms with van der Waals surface area (Å²) in [6.07, 6.45) is 0. The van der Waals surface area contributed by atoms with Crippen LogP contribution in [-0.4, -0.2) is 28.1 Å². The van der Waals surface area contributed by atoms with Crippen molar-refractivity contribution in [2.45, 2.75) is 52.3 Å². The summed E-state index contributed by atoms with van der Waals surface area (Å²) >= 11 is 0. The van der Waals surface area contributed by atoms with Crippen LogP contribution < -0.4 is 0 Å². The molecule has 0 amide bonds. The normalized spacial score (nSPS) is 13.7. The molecule has 0 aliphatic carbocycles. The molecule has 0 N–H and O–H groups in total. The Morgan fingerprint density at radius 3 is 1.42 bits per heavy atom. The second-order valence-corrected chi connectivity index (χ2v) is 6.67. The van der Waals surface area contributed by atoms with Crippen LogP contribution in [0.5, 0.6) is 0 Å². The van der Waals surface area contributed by atoms with Crippen LogP contribution >= 0.6 is 8.03 Å². The quantitative estimate of drug-likeness (QED) is 0.486. The van der Waals surface area contributed by atoms with E-state index in [0.717, 1.165) is 0 Å². The highest BCUT2D eigenvalue weighted by Gasteiger charge is 2.40. The van der Waals surface area contributed by atoms with E-state index in [-0.39, 0.29) is 28.1 Å². The van der Waals surface area contributed by atoms with E-state index in [1.54, 1.807) is 0 Å². The molecule has 0 bridgehead atoms. The van der Waals surface area contributed by atoms with E-state index in [1.165, 1.54) is 0 Å². The number of rotatable bonds is 1. The SMILES string of the molecule is CC(C)(C)O[P+](=O)C(C)(C)C.[AlH3]. The molecule has 0 aliphatic heterocycles. The van der Waals surface area contributed by atoms with Crippen molar-refractivity contribution in [2.75, 3.05) is 0 Å². The molecule has 2 nitrogen and oxygen atoms in total. The maximum absolute atomic E-state index is 11.4. The van der Waals surface area contributed by atoms with Crippen molar-refractivity contribution in [1.82, 2.24) is 0 Å². The molecule has 1 unspecified atom stereocenters. The monoisotopic (exact) mass is 207 g/mol. The Morgan fingerprint density at radius 1 is 1.00 bits per heavy atom. The van der Waals surface area contributed by atoms with Gasteiger partial charge in [-0.25, -0.2) is 0 Å². The summed E-state index contributed by atoms with van der Waals surface area (Å²) in [5, 5.41) is -0.247. The van der Waals surface area contributed by atoms with Crippen LogP contribution in [0.3, 0.4) is 0 Å². The van der Waals surface area contributed by atoms with Gasteiger partial charge in [0, 0.05) is 0 Å². The lowest BCUT2D eigenvalue weighted by Gasteiger charge is -2.13. The van der Waals surface area contributed by atoms with Crippen molar-refractivity contribution in [2.24, 2.45) is 0 Å². The summed E-state index contributed by atoms with van der Waals surface area (Å²) in [5.74, 6) is 0. The molecular weight excluding hydrogens is 186 g/mol. The molecule has 0 aromatic carbocycles. The van der Waals surface area contributed by atoms with Crippen LogP contribution in [-0.2, 0) is 9.09 Å². The lowest BCUT2D eigenvalue weighted by Crippen LogP contribution is -2.19. The van der Waals surface area contributed by atoms with E-state index >= 15 is 0 Å². The molecule has 0 rings (SSSR count). The lowest BCUT2D eigenvalue weighted by molar-refractivity contribution is 0.138. The van der Waals surface area contributed by atoms with Gasteiger partial charge in [-0.2, -0.15) is 0 Å². The third kappa shape index (κ3) is 7.25. The van der Waals surface area contributed by atoms with E-state index in [9.17, 15) is 4.57 Å². The highest BCUT2D eigenvalue weighted by atomic mass is 31.1. The molecule has 0 saturated carbocycles. The topological polar surface area (TPSA) is 26.3 Å². The third-order valence-electron chi connectivity index (χ3n) is 0.904. The van der Waals surface area contributed by atoms with Gasteiger partial charge in [0.15, 0.2) is 22.5 Å². The molecule has 1 atom stereocenters. The minimum atomic E-state index is -1.56. The first-order valence-corrected chi connectivity index (χ1v) is 4.97. The molecule has 0 aromatic rings. The summed E-state index contributed by atoms with van der Waals surface area (Å²) in [4.78, 5) is 0. The molecule has 4 heteroatoms. The van der Waals surface area contributed by atoms with Gasteiger partial charge in [0.25, 0.3) is 0 Å². The lowest BCUT2D eigenvalue weighted by atomic mass is 10.2. The second kappa shape index (κ2) is 4.72. The van der Waals surface area contributed by atoms with E-state index in [4.69, 9.17) is 4.52 Å². The van der Waals surface area contributed by atoms with Crippen molar-refractivity contribution < 1.29 is 9.09 Å². The van der Waals surface area contributed by atoms with Crippen molar-refractivity contribution in [3.8, 4) is 0 Å². The molecule has 0 aliphatic rings. The Morgan fingerprint density at radius 2 is 1.33 bits per heavy atom. The van der Waals surface area contributed by atoms with Crippen LogP contribution in [0.1, 0.15) is 41.5 Å². The van der Waals surface area contributed by atoms with Crippen molar-refractivity contribution in [1.29, 1.82) is 0 Å². The molecule has 0 radical (unpaired) electrons. The van der Waals surface area contributed by atoms with Gasteiger partial charge in [0.2, 0.25) is 0 Å². The van der Waals surface area contributed by atoms with Crippen LogP contribution in [0.4, 0.5) is 0 Å². The van der Waals surface area contributed by atoms with E-state index in [0.29, 0.717) is 0 Å². The van der Waals surface area contributed by atoms with Crippen LogP contribution in [0.2, 0.25) is 0 Å². The first-order chi connectivity index (χ1) is 4.63. The number of hydrogen-bond donors (Lipinski definition) is 0. The van der Waals surface area contributed by atoms with Gasteiger partial charge in [0.1, 0.15) is 5.60 Å². The zero-order chi connectivity index (χ0) is 9.28. The van der Waals surface area contributed by atoms with Gasteiger partial charge in [0.05, 0.1) is 0 Å². The van der Waals surface area contributed by atoms with Gasteiger partial charge in [-0.1, -0.05) is 0 Å². The van der Waals surface area contributed by atoms with Crippen molar-refractivity contribution in [3.05, 3.63) is 0 Å². The zero-order valence-corrected chi connectivity index (χ0v) is 9.16. The Hall–Kier alpha value is 0.592. The molecule has 0 fully saturated rings. The van der Waals surface area contributed by atoms with E-state index in [1.807, 2.05) is 41.5 Å². The minimum absolute atomic E-state index is 0. The molecule has 12 heavy (non-hydrogen) atoms. The van der Waals surface area contributed by atoms with Gasteiger partial charge in [-0.3, -0.25) is 0 Å². The van der Waals surface area contributed by atoms with Crippen LogP contribution in [0.25, 0.3) is 0 Å². The predicted molar refractivity (Wildman–Crippen MR) is 58.1 cm³/mol. The highest BCUT2D eigenvalue weighted by molar-refractivity contribution is 7.41. The molecule has 0 aromatic heterocycles. The van der Waals surface area contributed by atoms with Crippen molar-refractivity contribution in [3.63, 3.8) is 0 Å². The fourth-order valence-electron chi connectivity index (χ4n) is 0.386. The summed E-state index contributed by atoms with van der Waals surface area (Å²) < 4.78 is 16.7. The Labute approximate surface area is 87.1 Å². The first-order valence-electron chi connectivity index (χ1n) is 3.79. The van der Waals surface area contributed by atoms with Crippen LogP contribution in [0.15, 0.2) is 0 Å². The predicted octanol–water partition coefficient (Wildman–Crippen LogP) is 2.16. The van der Waals surface area contributed by atoms with E-state index < -0.39 is 8.03 Å². The average Bonchev–Trinajstić information content (AvgIpc) is 1.56. The second-order valence-electron chi connectivity index (χ2n) is 4.63. The van der Waals surface area contributed by atoms with Crippen molar-refractivity contribution >= 4 is 25.4 Å². The minimum Gasteiger partial charge on any atom is -0.140 e. The van der Waals surface area contributed by atoms with Gasteiger partial charge in [-0.15, -0.1) is 4.52 Å². The molecule has 0 saturated heterocycles. The summed E-state index contributed by atoms with van der Waals surface area (Å²) in [5.41, 5.74) is -0.305. The smallest absolute Gasteiger partial charge is 0.140 e. The van der Waals surface area contributed by atoms with Gasteiger partial charge in [-0.05, 0) is 46.1 Å². The standard InChI is InChI=1S/C8H18O2P.Al.3H/c1-7(2,3)10-11(9)8(4,5)6;;;;/h1-6H3;;;;/q+1;;;;. The maximum Gasteiger partial charge on any atom is 0.514 e. The summed E-state index contributed by atoms with van der Waals surface area (Å²) in [6.45, 7) is 11.5. The molecule has 0 spiro atoms. The maximum atomic E-state index is 11.4. The van der Waals surface area contributed by atoms with Crippen LogP contribution in [0, 0.1) is 0 Å².